The maximum absolute atomic E-state index is 13.3. The molecule has 0 atom stereocenters. The second-order valence-corrected chi connectivity index (χ2v) is 4.51. The summed E-state index contributed by atoms with van der Waals surface area (Å²) in [7, 11) is 0. The lowest BCUT2D eigenvalue weighted by Gasteiger charge is -2.13. The van der Waals surface area contributed by atoms with Crippen molar-refractivity contribution in [1.82, 2.24) is 4.98 Å². The summed E-state index contributed by atoms with van der Waals surface area (Å²) in [6, 6.07) is 8.25. The molecule has 1 aromatic heterocycles. The van der Waals surface area contributed by atoms with Crippen LogP contribution in [0.2, 0.25) is 0 Å². The lowest BCUT2D eigenvalue weighted by atomic mass is 9.95. The Hall–Kier alpha value is -1.83. The van der Waals surface area contributed by atoms with Gasteiger partial charge in [0, 0.05) is 23.7 Å². The summed E-state index contributed by atoms with van der Waals surface area (Å²) in [6.07, 6.45) is 5.26. The summed E-state index contributed by atoms with van der Waals surface area (Å²) in [5.41, 5.74) is 3.09. The molecule has 2 aromatic rings. The molecule has 0 amide bonds. The minimum absolute atomic E-state index is 0.0182. The van der Waals surface area contributed by atoms with Gasteiger partial charge in [-0.25, -0.2) is 4.39 Å². The molecule has 17 heavy (non-hydrogen) atoms. The van der Waals surface area contributed by atoms with E-state index in [2.05, 4.69) is 17.1 Å². The highest BCUT2D eigenvalue weighted by Gasteiger charge is 2.14. The largest absolute Gasteiger partial charge is 0.360 e. The first-order valence-corrected chi connectivity index (χ1v) is 5.88. The molecule has 0 saturated heterocycles. The fourth-order valence-corrected chi connectivity index (χ4v) is 2.39. The van der Waals surface area contributed by atoms with Crippen molar-refractivity contribution in [3.05, 3.63) is 53.6 Å². The number of hydrogen-bond donors (Lipinski definition) is 1. The molecule has 1 heterocycles. The Kier molecular flexibility index (Phi) is 2.36. The van der Waals surface area contributed by atoms with Crippen molar-refractivity contribution in [3.63, 3.8) is 0 Å². The van der Waals surface area contributed by atoms with Crippen LogP contribution in [0.25, 0.3) is 16.3 Å². The minimum atomic E-state index is 0.0182. The Bertz CT molecular complexity index is 631. The third kappa shape index (κ3) is 1.70. The van der Waals surface area contributed by atoms with Gasteiger partial charge in [0.15, 0.2) is 0 Å². The van der Waals surface area contributed by atoms with Crippen molar-refractivity contribution < 1.29 is 4.39 Å². The van der Waals surface area contributed by atoms with Crippen molar-refractivity contribution in [2.75, 3.05) is 0 Å². The van der Waals surface area contributed by atoms with Crippen LogP contribution < -0.4 is 0 Å². The first-order chi connectivity index (χ1) is 8.25. The van der Waals surface area contributed by atoms with Crippen LogP contribution in [0, 0.1) is 0 Å². The molecule has 0 fully saturated rings. The van der Waals surface area contributed by atoms with Crippen molar-refractivity contribution >= 4 is 16.3 Å². The number of halogens is 1. The summed E-state index contributed by atoms with van der Waals surface area (Å²) in [5.74, 6) is 0.0182. The topological polar surface area (TPSA) is 15.8 Å². The maximum atomic E-state index is 13.3. The van der Waals surface area contributed by atoms with E-state index in [4.69, 9.17) is 0 Å². The molecule has 1 nitrogen and oxygen atoms in total. The zero-order valence-electron chi connectivity index (χ0n) is 9.76. The summed E-state index contributed by atoms with van der Waals surface area (Å²) in [6.45, 7) is 1.83. The van der Waals surface area contributed by atoms with E-state index in [1.165, 1.54) is 16.3 Å². The fraction of sp³-hybridized carbons (Fsp3) is 0.200. The lowest BCUT2D eigenvalue weighted by Crippen LogP contribution is -1.94. The SMILES string of the molecule is CC1=C(F)CCC(c2[nH]cc3ccccc23)=C1. The molecule has 0 spiro atoms. The predicted octanol–water partition coefficient (Wildman–Crippen LogP) is 4.59. The number of hydrogen-bond acceptors (Lipinski definition) is 0. The Morgan fingerprint density at radius 1 is 1.18 bits per heavy atom. The summed E-state index contributed by atoms with van der Waals surface area (Å²) >= 11 is 0. The molecule has 1 aliphatic rings. The Labute approximate surface area is 99.7 Å². The van der Waals surface area contributed by atoms with Gasteiger partial charge in [-0.05, 0) is 29.9 Å². The summed E-state index contributed by atoms with van der Waals surface area (Å²) in [5, 5.41) is 2.42. The molecule has 1 N–H and O–H groups in total. The van der Waals surface area contributed by atoms with Gasteiger partial charge in [0.05, 0.1) is 0 Å². The standard InChI is InChI=1S/C15H14FN/c1-10-8-11(6-7-14(10)16)15-13-5-3-2-4-12(13)9-17-15/h2-5,8-9,17H,6-7H2,1H3. The van der Waals surface area contributed by atoms with E-state index < -0.39 is 0 Å². The number of H-pyrrole nitrogens is 1. The van der Waals surface area contributed by atoms with Gasteiger partial charge in [0.25, 0.3) is 0 Å². The van der Waals surface area contributed by atoms with Crippen LogP contribution in [0.5, 0.6) is 0 Å². The number of nitrogens with one attached hydrogen (secondary N) is 1. The first kappa shape index (κ1) is 10.3. The van der Waals surface area contributed by atoms with Crippen LogP contribution in [0.15, 0.2) is 47.9 Å². The zero-order valence-corrected chi connectivity index (χ0v) is 9.76. The average molecular weight is 227 g/mol. The van der Waals surface area contributed by atoms with Crippen LogP contribution in [0.4, 0.5) is 4.39 Å². The van der Waals surface area contributed by atoms with Gasteiger partial charge in [-0.3, -0.25) is 0 Å². The number of benzene rings is 1. The third-order valence-corrected chi connectivity index (χ3v) is 3.36. The molecular formula is C15H14FN. The van der Waals surface area contributed by atoms with Crippen molar-refractivity contribution in [2.45, 2.75) is 19.8 Å². The molecule has 2 heteroatoms. The van der Waals surface area contributed by atoms with Crippen LogP contribution in [0.3, 0.4) is 0 Å². The number of rotatable bonds is 1. The highest BCUT2D eigenvalue weighted by Crippen LogP contribution is 2.33. The van der Waals surface area contributed by atoms with Crippen LogP contribution in [-0.2, 0) is 0 Å². The molecule has 3 rings (SSSR count). The number of aromatic nitrogens is 1. The molecule has 0 aliphatic heterocycles. The molecular weight excluding hydrogens is 213 g/mol. The monoisotopic (exact) mass is 227 g/mol. The second-order valence-electron chi connectivity index (χ2n) is 4.51. The van der Waals surface area contributed by atoms with Crippen LogP contribution >= 0.6 is 0 Å². The molecule has 0 bridgehead atoms. The minimum Gasteiger partial charge on any atom is -0.360 e. The van der Waals surface area contributed by atoms with E-state index in [0.29, 0.717) is 6.42 Å². The van der Waals surface area contributed by atoms with Gasteiger partial charge in [-0.1, -0.05) is 30.3 Å². The first-order valence-electron chi connectivity index (χ1n) is 5.88. The van der Waals surface area contributed by atoms with Crippen LogP contribution in [-0.4, -0.2) is 4.98 Å². The molecule has 0 radical (unpaired) electrons. The average Bonchev–Trinajstić information content (AvgIpc) is 2.76. The van der Waals surface area contributed by atoms with Crippen molar-refractivity contribution in [1.29, 1.82) is 0 Å². The summed E-state index contributed by atoms with van der Waals surface area (Å²) < 4.78 is 13.3. The number of aromatic amines is 1. The quantitative estimate of drug-likeness (QED) is 0.733. The van der Waals surface area contributed by atoms with Gasteiger partial charge in [0.1, 0.15) is 5.83 Å². The molecule has 0 saturated carbocycles. The molecule has 86 valence electrons. The number of allylic oxidation sites excluding steroid dienone is 4. The van der Waals surface area contributed by atoms with E-state index in [-0.39, 0.29) is 5.83 Å². The Morgan fingerprint density at radius 3 is 2.82 bits per heavy atom. The number of fused-ring (bicyclic) bond motifs is 1. The van der Waals surface area contributed by atoms with Crippen molar-refractivity contribution in [2.24, 2.45) is 0 Å². The van der Waals surface area contributed by atoms with Gasteiger partial charge in [-0.15, -0.1) is 0 Å². The zero-order chi connectivity index (χ0) is 11.8. The van der Waals surface area contributed by atoms with Crippen LogP contribution in [0.1, 0.15) is 25.5 Å². The van der Waals surface area contributed by atoms with Gasteiger partial charge in [0.2, 0.25) is 0 Å². The third-order valence-electron chi connectivity index (χ3n) is 3.36. The molecule has 1 aliphatic carbocycles. The second kappa shape index (κ2) is 3.88. The van der Waals surface area contributed by atoms with E-state index in [1.807, 2.05) is 31.3 Å². The fourth-order valence-electron chi connectivity index (χ4n) is 2.39. The van der Waals surface area contributed by atoms with E-state index in [9.17, 15) is 4.39 Å². The summed E-state index contributed by atoms with van der Waals surface area (Å²) in [4.78, 5) is 3.31. The maximum Gasteiger partial charge on any atom is 0.103 e. The molecule has 0 unspecified atom stereocenters. The smallest absolute Gasteiger partial charge is 0.103 e. The Morgan fingerprint density at radius 2 is 2.00 bits per heavy atom. The predicted molar refractivity (Wildman–Crippen MR) is 69.3 cm³/mol. The normalized spacial score (nSPS) is 16.5. The van der Waals surface area contributed by atoms with Gasteiger partial charge >= 0.3 is 0 Å². The van der Waals surface area contributed by atoms with E-state index in [0.717, 1.165) is 17.7 Å². The molecule has 1 aromatic carbocycles. The highest BCUT2D eigenvalue weighted by molar-refractivity contribution is 5.93. The van der Waals surface area contributed by atoms with Gasteiger partial charge in [-0.2, -0.15) is 0 Å². The van der Waals surface area contributed by atoms with Gasteiger partial charge < -0.3 is 4.98 Å². The Balaban J connectivity index is 2.14. The lowest BCUT2D eigenvalue weighted by molar-refractivity contribution is 0.580. The van der Waals surface area contributed by atoms with E-state index in [1.54, 1.807) is 0 Å². The van der Waals surface area contributed by atoms with Crippen molar-refractivity contribution in [3.8, 4) is 0 Å². The highest BCUT2D eigenvalue weighted by atomic mass is 19.1. The van der Waals surface area contributed by atoms with E-state index >= 15 is 0 Å².